The molecule has 2 unspecified atom stereocenters. The molecule has 2 atom stereocenters. The first-order valence-corrected chi connectivity index (χ1v) is 12.0. The maximum absolute atomic E-state index is 15.3. The SMILES string of the molecule is COc1nc2c(Br)cccc2cc1C(c1ccccc1)C(O)(CCN(C)C)c1cc(F)ccc1F. The fourth-order valence-electron chi connectivity index (χ4n) is 4.55. The number of aliphatic hydroxyl groups is 1. The van der Waals surface area contributed by atoms with E-state index >= 15 is 4.39 Å². The number of benzene rings is 3. The minimum atomic E-state index is -1.81. The van der Waals surface area contributed by atoms with E-state index in [1.54, 1.807) is 0 Å². The third-order valence-electron chi connectivity index (χ3n) is 6.24. The molecule has 4 rings (SSSR count). The summed E-state index contributed by atoms with van der Waals surface area (Å²) in [5, 5.41) is 13.2. The molecule has 0 aliphatic rings. The van der Waals surface area contributed by atoms with Crippen molar-refractivity contribution in [2.24, 2.45) is 0 Å². The van der Waals surface area contributed by atoms with Gasteiger partial charge >= 0.3 is 0 Å². The molecular formula is C28H27BrF2N2O2. The summed E-state index contributed by atoms with van der Waals surface area (Å²) < 4.78 is 36.2. The lowest BCUT2D eigenvalue weighted by Crippen LogP contribution is -2.38. The van der Waals surface area contributed by atoms with Gasteiger partial charge in [0.25, 0.3) is 0 Å². The highest BCUT2D eigenvalue weighted by atomic mass is 79.9. The average molecular weight is 541 g/mol. The molecule has 182 valence electrons. The Balaban J connectivity index is 2.06. The Labute approximate surface area is 212 Å². The molecule has 3 aromatic carbocycles. The number of aromatic nitrogens is 1. The first-order chi connectivity index (χ1) is 16.7. The fourth-order valence-corrected chi connectivity index (χ4v) is 5.02. The van der Waals surface area contributed by atoms with E-state index in [2.05, 4.69) is 15.9 Å². The smallest absolute Gasteiger partial charge is 0.217 e. The van der Waals surface area contributed by atoms with Crippen molar-refractivity contribution in [1.29, 1.82) is 0 Å². The molecule has 4 aromatic rings. The summed E-state index contributed by atoms with van der Waals surface area (Å²) in [5.41, 5.74) is 0.0891. The predicted octanol–water partition coefficient (Wildman–Crippen LogP) is 6.26. The number of hydrogen-bond acceptors (Lipinski definition) is 4. The Morgan fingerprint density at radius 2 is 1.77 bits per heavy atom. The number of nitrogens with zero attached hydrogens (tertiary/aromatic N) is 2. The zero-order valence-corrected chi connectivity index (χ0v) is 21.4. The summed E-state index contributed by atoms with van der Waals surface area (Å²) in [6.45, 7) is 0.435. The third kappa shape index (κ3) is 5.08. The van der Waals surface area contributed by atoms with Crippen molar-refractivity contribution >= 4 is 26.8 Å². The molecule has 0 spiro atoms. The number of halogens is 3. The number of rotatable bonds is 8. The molecule has 0 radical (unpaired) electrons. The van der Waals surface area contributed by atoms with Gasteiger partial charge in [-0.15, -0.1) is 0 Å². The van der Waals surface area contributed by atoms with Gasteiger partial charge in [0.2, 0.25) is 5.88 Å². The van der Waals surface area contributed by atoms with Crippen LogP contribution in [-0.2, 0) is 5.60 Å². The number of para-hydroxylation sites is 1. The van der Waals surface area contributed by atoms with Gasteiger partial charge in [-0.3, -0.25) is 0 Å². The highest BCUT2D eigenvalue weighted by molar-refractivity contribution is 9.10. The lowest BCUT2D eigenvalue weighted by Gasteiger charge is -2.39. The Morgan fingerprint density at radius 1 is 1.03 bits per heavy atom. The van der Waals surface area contributed by atoms with Crippen molar-refractivity contribution in [2.75, 3.05) is 27.7 Å². The van der Waals surface area contributed by atoms with E-state index in [-0.39, 0.29) is 12.0 Å². The summed E-state index contributed by atoms with van der Waals surface area (Å²) in [5.74, 6) is -1.79. The van der Waals surface area contributed by atoms with Gasteiger partial charge in [-0.25, -0.2) is 13.8 Å². The Bertz CT molecular complexity index is 1330. The molecule has 0 aliphatic carbocycles. The van der Waals surface area contributed by atoms with Crippen LogP contribution in [0.25, 0.3) is 10.9 Å². The summed E-state index contributed by atoms with van der Waals surface area (Å²) in [7, 11) is 5.25. The standard InChI is InChI=1S/C28H27BrF2N2O2/c1-33(2)15-14-28(34,22-17-20(30)12-13-24(22)31)25(18-8-5-4-6-9-18)21-16-19-10-7-11-23(29)26(19)32-27(21)35-3/h4-13,16-17,25,34H,14-15H2,1-3H3. The molecule has 1 heterocycles. The third-order valence-corrected chi connectivity index (χ3v) is 6.88. The number of pyridine rings is 1. The van der Waals surface area contributed by atoms with Crippen LogP contribution in [0.1, 0.15) is 29.0 Å². The second-order valence-electron chi connectivity index (χ2n) is 8.84. The van der Waals surface area contributed by atoms with E-state index in [4.69, 9.17) is 9.72 Å². The van der Waals surface area contributed by atoms with E-state index in [1.807, 2.05) is 73.6 Å². The van der Waals surface area contributed by atoms with Crippen molar-refractivity contribution in [3.05, 3.63) is 106 Å². The van der Waals surface area contributed by atoms with Gasteiger partial charge in [-0.2, -0.15) is 0 Å². The van der Waals surface area contributed by atoms with Crippen molar-refractivity contribution in [3.8, 4) is 5.88 Å². The van der Waals surface area contributed by atoms with Gasteiger partial charge in [0, 0.05) is 33.4 Å². The summed E-state index contributed by atoms with van der Waals surface area (Å²) >= 11 is 3.54. The summed E-state index contributed by atoms with van der Waals surface area (Å²) in [4.78, 5) is 6.62. The lowest BCUT2D eigenvalue weighted by atomic mass is 9.71. The van der Waals surface area contributed by atoms with Gasteiger partial charge in [-0.05, 0) is 72.3 Å². The quantitative estimate of drug-likeness (QED) is 0.286. The molecule has 0 fully saturated rings. The molecule has 1 aromatic heterocycles. The predicted molar refractivity (Wildman–Crippen MR) is 138 cm³/mol. The van der Waals surface area contributed by atoms with Crippen LogP contribution in [0.4, 0.5) is 8.78 Å². The average Bonchev–Trinajstić information content (AvgIpc) is 2.85. The first kappa shape index (κ1) is 25.2. The Hall–Kier alpha value is -2.87. The summed E-state index contributed by atoms with van der Waals surface area (Å²) in [6, 6.07) is 20.1. The van der Waals surface area contributed by atoms with Crippen molar-refractivity contribution in [1.82, 2.24) is 9.88 Å². The van der Waals surface area contributed by atoms with Gasteiger partial charge in [0.1, 0.15) is 17.2 Å². The second-order valence-corrected chi connectivity index (χ2v) is 9.70. The molecule has 0 saturated heterocycles. The Kier molecular flexibility index (Phi) is 7.50. The lowest BCUT2D eigenvalue weighted by molar-refractivity contribution is 0.000351. The van der Waals surface area contributed by atoms with E-state index in [0.717, 1.165) is 33.6 Å². The molecule has 0 aliphatic heterocycles. The highest BCUT2D eigenvalue weighted by Crippen LogP contribution is 2.48. The van der Waals surface area contributed by atoms with Crippen LogP contribution < -0.4 is 4.74 Å². The maximum Gasteiger partial charge on any atom is 0.217 e. The van der Waals surface area contributed by atoms with Gasteiger partial charge in [0.15, 0.2) is 0 Å². The van der Waals surface area contributed by atoms with Gasteiger partial charge in [-0.1, -0.05) is 42.5 Å². The highest BCUT2D eigenvalue weighted by Gasteiger charge is 2.44. The van der Waals surface area contributed by atoms with Crippen molar-refractivity contribution in [3.63, 3.8) is 0 Å². The van der Waals surface area contributed by atoms with E-state index < -0.39 is 23.2 Å². The number of methoxy groups -OCH3 is 1. The molecule has 35 heavy (non-hydrogen) atoms. The zero-order valence-electron chi connectivity index (χ0n) is 19.8. The first-order valence-electron chi connectivity index (χ1n) is 11.3. The molecule has 4 nitrogen and oxygen atoms in total. The van der Waals surface area contributed by atoms with Crippen molar-refractivity contribution in [2.45, 2.75) is 17.9 Å². The van der Waals surface area contributed by atoms with Gasteiger partial charge in [0.05, 0.1) is 12.6 Å². The molecule has 1 N–H and O–H groups in total. The van der Waals surface area contributed by atoms with Crippen molar-refractivity contribution < 1.29 is 18.6 Å². The largest absolute Gasteiger partial charge is 0.481 e. The number of ether oxygens (including phenoxy) is 1. The number of hydrogen-bond donors (Lipinski definition) is 1. The van der Waals surface area contributed by atoms with Crippen LogP contribution in [0.5, 0.6) is 5.88 Å². The van der Waals surface area contributed by atoms with Crippen LogP contribution in [0.2, 0.25) is 0 Å². The zero-order chi connectivity index (χ0) is 25.2. The molecule has 0 saturated carbocycles. The van der Waals surface area contributed by atoms with Crippen LogP contribution in [0.3, 0.4) is 0 Å². The van der Waals surface area contributed by atoms with E-state index in [1.165, 1.54) is 7.11 Å². The second kappa shape index (κ2) is 10.4. The Morgan fingerprint density at radius 3 is 2.46 bits per heavy atom. The van der Waals surface area contributed by atoms with Crippen LogP contribution >= 0.6 is 15.9 Å². The maximum atomic E-state index is 15.3. The molecular weight excluding hydrogens is 514 g/mol. The van der Waals surface area contributed by atoms with Crippen LogP contribution in [-0.4, -0.2) is 42.7 Å². The van der Waals surface area contributed by atoms with Gasteiger partial charge < -0.3 is 14.7 Å². The molecule has 0 amide bonds. The van der Waals surface area contributed by atoms with Crippen LogP contribution in [0.15, 0.2) is 77.3 Å². The topological polar surface area (TPSA) is 45.6 Å². The minimum Gasteiger partial charge on any atom is -0.481 e. The minimum absolute atomic E-state index is 0.107. The van der Waals surface area contributed by atoms with E-state index in [9.17, 15) is 9.50 Å². The fraction of sp³-hybridized carbons (Fsp3) is 0.250. The number of fused-ring (bicyclic) bond motifs is 1. The molecule has 7 heteroatoms. The molecule has 0 bridgehead atoms. The monoisotopic (exact) mass is 540 g/mol. The van der Waals surface area contributed by atoms with E-state index in [0.29, 0.717) is 23.5 Å². The summed E-state index contributed by atoms with van der Waals surface area (Å²) in [6.07, 6.45) is 0.139. The normalized spacial score (nSPS) is 14.2. The van der Waals surface area contributed by atoms with Crippen LogP contribution in [0, 0.1) is 11.6 Å².